The Morgan fingerprint density at radius 1 is 1.25 bits per heavy atom. The highest BCUT2D eigenvalue weighted by molar-refractivity contribution is 7.89. The summed E-state index contributed by atoms with van der Waals surface area (Å²) in [5.41, 5.74) is 0.0475. The maximum Gasteiger partial charge on any atom is 0.338 e. The summed E-state index contributed by atoms with van der Waals surface area (Å²) < 4.78 is 36.2. The Kier molecular flexibility index (Phi) is 7.83. The average Bonchev–Trinajstić information content (AvgIpc) is 2.52. The highest BCUT2D eigenvalue weighted by Gasteiger charge is 2.18. The van der Waals surface area contributed by atoms with Crippen molar-refractivity contribution in [2.24, 2.45) is 0 Å². The van der Waals surface area contributed by atoms with E-state index in [-0.39, 0.29) is 16.5 Å². The number of hydrogen-bond donors (Lipinski definition) is 2. The van der Waals surface area contributed by atoms with Crippen molar-refractivity contribution in [1.29, 1.82) is 0 Å². The molecule has 0 bridgehead atoms. The summed E-state index contributed by atoms with van der Waals surface area (Å²) in [5.74, 6) is -1.25. The van der Waals surface area contributed by atoms with Gasteiger partial charge in [-0.25, -0.2) is 17.9 Å². The molecule has 0 saturated heterocycles. The van der Waals surface area contributed by atoms with E-state index >= 15 is 0 Å². The van der Waals surface area contributed by atoms with Crippen LogP contribution in [0.4, 0.5) is 0 Å². The standard InChI is InChI=1S/C15H22N2O6S/c1-11(2)17-24(20,21)13-6-4-5-12(9-13)15(19)23-10-14(18)16-7-8-22-3/h4-6,9,11,17H,7-8,10H2,1-3H3,(H,16,18). The number of carbonyl (C=O) groups is 2. The molecule has 1 aromatic carbocycles. The quantitative estimate of drug-likeness (QED) is 0.485. The minimum atomic E-state index is -3.71. The first-order chi connectivity index (χ1) is 11.3. The summed E-state index contributed by atoms with van der Waals surface area (Å²) in [4.78, 5) is 23.3. The van der Waals surface area contributed by atoms with Gasteiger partial charge in [0.15, 0.2) is 6.61 Å². The number of benzene rings is 1. The minimum absolute atomic E-state index is 0.0461. The summed E-state index contributed by atoms with van der Waals surface area (Å²) in [5, 5.41) is 2.50. The molecule has 0 unspecified atom stereocenters. The van der Waals surface area contributed by atoms with E-state index in [4.69, 9.17) is 9.47 Å². The van der Waals surface area contributed by atoms with Gasteiger partial charge in [0, 0.05) is 19.7 Å². The lowest BCUT2D eigenvalue weighted by Crippen LogP contribution is -2.31. The first-order valence-corrected chi connectivity index (χ1v) is 8.79. The van der Waals surface area contributed by atoms with Crippen LogP contribution in [0.3, 0.4) is 0 Å². The smallest absolute Gasteiger partial charge is 0.338 e. The monoisotopic (exact) mass is 358 g/mol. The average molecular weight is 358 g/mol. The number of ether oxygens (including phenoxy) is 2. The van der Waals surface area contributed by atoms with Crippen molar-refractivity contribution >= 4 is 21.9 Å². The molecule has 0 radical (unpaired) electrons. The van der Waals surface area contributed by atoms with Crippen LogP contribution in [0.5, 0.6) is 0 Å². The van der Waals surface area contributed by atoms with Crippen LogP contribution in [0.25, 0.3) is 0 Å². The van der Waals surface area contributed by atoms with E-state index in [1.165, 1.54) is 31.4 Å². The molecule has 0 fully saturated rings. The first kappa shape index (κ1) is 20.1. The number of methoxy groups -OCH3 is 1. The van der Waals surface area contributed by atoms with Crippen molar-refractivity contribution in [3.63, 3.8) is 0 Å². The lowest BCUT2D eigenvalue weighted by molar-refractivity contribution is -0.124. The molecule has 0 aromatic heterocycles. The summed E-state index contributed by atoms with van der Waals surface area (Å²) in [6.45, 7) is 3.59. The maximum absolute atomic E-state index is 12.1. The molecule has 134 valence electrons. The summed E-state index contributed by atoms with van der Waals surface area (Å²) in [7, 11) is -2.21. The molecule has 24 heavy (non-hydrogen) atoms. The van der Waals surface area contributed by atoms with Crippen LogP contribution in [-0.4, -0.2) is 53.2 Å². The molecular weight excluding hydrogens is 336 g/mol. The highest BCUT2D eigenvalue weighted by Crippen LogP contribution is 2.13. The Bertz CT molecular complexity index is 672. The normalized spacial score (nSPS) is 11.3. The van der Waals surface area contributed by atoms with Gasteiger partial charge in [-0.3, -0.25) is 4.79 Å². The molecule has 8 nitrogen and oxygen atoms in total. The number of esters is 1. The van der Waals surface area contributed by atoms with E-state index < -0.39 is 28.5 Å². The van der Waals surface area contributed by atoms with Crippen molar-refractivity contribution < 1.29 is 27.5 Å². The topological polar surface area (TPSA) is 111 Å². The predicted molar refractivity (Wildman–Crippen MR) is 87.1 cm³/mol. The van der Waals surface area contributed by atoms with Crippen LogP contribution in [0, 0.1) is 0 Å². The van der Waals surface area contributed by atoms with Gasteiger partial charge in [-0.1, -0.05) is 6.07 Å². The van der Waals surface area contributed by atoms with Crippen molar-refractivity contribution in [2.75, 3.05) is 26.9 Å². The van der Waals surface area contributed by atoms with Gasteiger partial charge in [0.1, 0.15) is 0 Å². The van der Waals surface area contributed by atoms with Crippen LogP contribution in [0.2, 0.25) is 0 Å². The van der Waals surface area contributed by atoms with E-state index in [1.54, 1.807) is 13.8 Å². The van der Waals surface area contributed by atoms with Gasteiger partial charge in [0.25, 0.3) is 5.91 Å². The van der Waals surface area contributed by atoms with Crippen LogP contribution < -0.4 is 10.0 Å². The van der Waals surface area contributed by atoms with E-state index in [9.17, 15) is 18.0 Å². The van der Waals surface area contributed by atoms with E-state index in [0.717, 1.165) is 0 Å². The number of carbonyl (C=O) groups excluding carboxylic acids is 2. The zero-order valence-electron chi connectivity index (χ0n) is 13.9. The summed E-state index contributed by atoms with van der Waals surface area (Å²) >= 11 is 0. The van der Waals surface area contributed by atoms with Crippen LogP contribution in [0.1, 0.15) is 24.2 Å². The molecule has 0 aliphatic rings. The Morgan fingerprint density at radius 3 is 2.58 bits per heavy atom. The molecule has 9 heteroatoms. The number of rotatable bonds is 9. The van der Waals surface area contributed by atoms with Gasteiger partial charge >= 0.3 is 5.97 Å². The van der Waals surface area contributed by atoms with Crippen LogP contribution in [-0.2, 0) is 24.3 Å². The Hall–Kier alpha value is -1.97. The molecule has 1 rings (SSSR count). The molecule has 0 spiro atoms. The highest BCUT2D eigenvalue weighted by atomic mass is 32.2. The third-order valence-corrected chi connectivity index (χ3v) is 4.39. The molecule has 2 N–H and O–H groups in total. The number of nitrogens with one attached hydrogen (secondary N) is 2. The Labute approximate surface area is 141 Å². The molecule has 0 aliphatic heterocycles. The second-order valence-electron chi connectivity index (χ2n) is 5.22. The SMILES string of the molecule is COCCNC(=O)COC(=O)c1cccc(S(=O)(=O)NC(C)C)c1. The fraction of sp³-hybridized carbons (Fsp3) is 0.467. The molecule has 0 saturated carbocycles. The summed E-state index contributed by atoms with van der Waals surface area (Å²) in [6, 6.07) is 5.15. The third-order valence-electron chi connectivity index (χ3n) is 2.73. The van der Waals surface area contributed by atoms with Crippen molar-refractivity contribution in [2.45, 2.75) is 24.8 Å². The van der Waals surface area contributed by atoms with Gasteiger partial charge in [-0.2, -0.15) is 0 Å². The fourth-order valence-corrected chi connectivity index (χ4v) is 3.02. The Balaban J connectivity index is 2.69. The summed E-state index contributed by atoms with van der Waals surface area (Å²) in [6.07, 6.45) is 0. The van der Waals surface area contributed by atoms with Gasteiger partial charge in [-0.15, -0.1) is 0 Å². The molecule has 0 aliphatic carbocycles. The molecule has 1 aromatic rings. The van der Waals surface area contributed by atoms with Crippen molar-refractivity contribution in [3.05, 3.63) is 29.8 Å². The number of hydrogen-bond acceptors (Lipinski definition) is 6. The van der Waals surface area contributed by atoms with Gasteiger partial charge in [0.05, 0.1) is 17.1 Å². The zero-order valence-corrected chi connectivity index (χ0v) is 14.7. The first-order valence-electron chi connectivity index (χ1n) is 7.31. The maximum atomic E-state index is 12.1. The largest absolute Gasteiger partial charge is 0.452 e. The van der Waals surface area contributed by atoms with Crippen LogP contribution >= 0.6 is 0 Å². The van der Waals surface area contributed by atoms with Gasteiger partial charge in [0.2, 0.25) is 10.0 Å². The second kappa shape index (κ2) is 9.36. The van der Waals surface area contributed by atoms with Crippen molar-refractivity contribution in [1.82, 2.24) is 10.0 Å². The van der Waals surface area contributed by atoms with Gasteiger partial charge in [-0.05, 0) is 32.0 Å². The third kappa shape index (κ3) is 6.65. The molecule has 1 amide bonds. The van der Waals surface area contributed by atoms with E-state index in [2.05, 4.69) is 10.0 Å². The Morgan fingerprint density at radius 2 is 1.96 bits per heavy atom. The molecule has 0 heterocycles. The second-order valence-corrected chi connectivity index (χ2v) is 6.94. The predicted octanol–water partition coefficient (Wildman–Crippen LogP) is 0.293. The number of amides is 1. The minimum Gasteiger partial charge on any atom is -0.452 e. The lowest BCUT2D eigenvalue weighted by Gasteiger charge is -2.10. The van der Waals surface area contributed by atoms with E-state index in [0.29, 0.717) is 13.2 Å². The fourth-order valence-electron chi connectivity index (χ4n) is 1.73. The van der Waals surface area contributed by atoms with E-state index in [1.807, 2.05) is 0 Å². The molecular formula is C15H22N2O6S. The van der Waals surface area contributed by atoms with Gasteiger partial charge < -0.3 is 14.8 Å². The number of sulfonamides is 1. The molecule has 0 atom stereocenters. The van der Waals surface area contributed by atoms with Crippen molar-refractivity contribution in [3.8, 4) is 0 Å². The van der Waals surface area contributed by atoms with Crippen LogP contribution in [0.15, 0.2) is 29.2 Å². The lowest BCUT2D eigenvalue weighted by atomic mass is 10.2. The zero-order chi connectivity index (χ0) is 18.2.